The van der Waals surface area contributed by atoms with E-state index in [9.17, 15) is 4.57 Å². The molecule has 5 heteroatoms. The van der Waals surface area contributed by atoms with Crippen LogP contribution in [0.3, 0.4) is 0 Å². The molecule has 0 fully saturated rings. The van der Waals surface area contributed by atoms with Gasteiger partial charge in [-0.05, 0) is 28.3 Å². The maximum Gasteiger partial charge on any atom is 0.171 e. The van der Waals surface area contributed by atoms with Gasteiger partial charge in [0.25, 0.3) is 0 Å². The summed E-state index contributed by atoms with van der Waals surface area (Å²) in [6.07, 6.45) is 0. The molecule has 238 valence electrons. The molecule has 8 aromatic rings. The molecule has 0 unspecified atom stereocenters. The first-order valence-corrected chi connectivity index (χ1v) is 18.3. The predicted molar refractivity (Wildman–Crippen MR) is 206 cm³/mol. The highest BCUT2D eigenvalue weighted by Gasteiger charge is 2.29. The van der Waals surface area contributed by atoms with Gasteiger partial charge in [-0.15, -0.1) is 0 Å². The molecule has 0 saturated heterocycles. The molecule has 1 aromatic heterocycles. The monoisotopic (exact) mass is 661 g/mol. The van der Waals surface area contributed by atoms with Gasteiger partial charge in [-0.1, -0.05) is 188 Å². The lowest BCUT2D eigenvalue weighted by Gasteiger charge is -2.20. The van der Waals surface area contributed by atoms with Crippen LogP contribution in [0.15, 0.2) is 194 Å². The van der Waals surface area contributed by atoms with Crippen molar-refractivity contribution < 1.29 is 4.57 Å². The Kier molecular flexibility index (Phi) is 8.53. The van der Waals surface area contributed by atoms with Gasteiger partial charge in [-0.2, -0.15) is 0 Å². The molecule has 0 saturated carbocycles. The highest BCUT2D eigenvalue weighted by molar-refractivity contribution is 7.85. The SMILES string of the molecule is O=P(c1ccccc1)(c1ccccc1)c1ccc(-c2ccc(-c3cccc(-c4nc(-c5ccccc5)nc(-c5ccccc5)n4)c3)cc2)cc1. The van der Waals surface area contributed by atoms with Gasteiger partial charge in [0.05, 0.1) is 0 Å². The summed E-state index contributed by atoms with van der Waals surface area (Å²) in [6, 6.07) is 64.6. The summed E-state index contributed by atoms with van der Waals surface area (Å²) in [5, 5.41) is 2.47. The first-order valence-electron chi connectivity index (χ1n) is 16.6. The Morgan fingerprint density at radius 1 is 0.280 bits per heavy atom. The van der Waals surface area contributed by atoms with Gasteiger partial charge in [0.15, 0.2) is 24.6 Å². The minimum Gasteiger partial charge on any atom is -0.309 e. The normalized spacial score (nSPS) is 11.3. The molecule has 0 aliphatic carbocycles. The summed E-state index contributed by atoms with van der Waals surface area (Å²) >= 11 is 0. The van der Waals surface area contributed by atoms with Crippen LogP contribution in [0, 0.1) is 0 Å². The van der Waals surface area contributed by atoms with Gasteiger partial charge < -0.3 is 4.57 Å². The Morgan fingerprint density at radius 2 is 0.600 bits per heavy atom. The maximum atomic E-state index is 14.8. The highest BCUT2D eigenvalue weighted by atomic mass is 31.2. The smallest absolute Gasteiger partial charge is 0.171 e. The van der Waals surface area contributed by atoms with Crippen LogP contribution in [0.5, 0.6) is 0 Å². The lowest BCUT2D eigenvalue weighted by Crippen LogP contribution is -2.24. The van der Waals surface area contributed by atoms with E-state index in [1.54, 1.807) is 0 Å². The molecule has 0 bridgehead atoms. The average Bonchev–Trinajstić information content (AvgIpc) is 3.22. The van der Waals surface area contributed by atoms with Crippen molar-refractivity contribution in [1.82, 2.24) is 15.0 Å². The minimum absolute atomic E-state index is 0.625. The van der Waals surface area contributed by atoms with Crippen LogP contribution in [0.4, 0.5) is 0 Å². The summed E-state index contributed by atoms with van der Waals surface area (Å²) < 4.78 is 14.8. The van der Waals surface area contributed by atoms with Crippen molar-refractivity contribution in [1.29, 1.82) is 0 Å². The predicted octanol–water partition coefficient (Wildman–Crippen LogP) is 9.85. The second kappa shape index (κ2) is 13.7. The van der Waals surface area contributed by atoms with Crippen molar-refractivity contribution in [2.45, 2.75) is 0 Å². The van der Waals surface area contributed by atoms with Crippen LogP contribution in [0.25, 0.3) is 56.4 Å². The lowest BCUT2D eigenvalue weighted by atomic mass is 9.99. The molecule has 8 rings (SSSR count). The molecule has 0 N–H and O–H groups in total. The molecule has 0 radical (unpaired) electrons. The van der Waals surface area contributed by atoms with Crippen LogP contribution in [0.1, 0.15) is 0 Å². The van der Waals surface area contributed by atoms with Crippen molar-refractivity contribution >= 4 is 23.1 Å². The van der Waals surface area contributed by atoms with E-state index in [2.05, 4.69) is 48.5 Å². The molecule has 50 heavy (non-hydrogen) atoms. The fraction of sp³-hybridized carbons (Fsp3) is 0. The maximum absolute atomic E-state index is 14.8. The molecule has 0 aliphatic rings. The van der Waals surface area contributed by atoms with Crippen LogP contribution < -0.4 is 15.9 Å². The molecule has 0 atom stereocenters. The van der Waals surface area contributed by atoms with Crippen molar-refractivity contribution in [2.75, 3.05) is 0 Å². The summed E-state index contributed by atoms with van der Waals surface area (Å²) in [5.74, 6) is 1.90. The third-order valence-electron chi connectivity index (χ3n) is 8.84. The number of benzene rings is 7. The molecule has 0 amide bonds. The standard InChI is InChI=1S/C45H32N3OP/c49-50(40-20-9-3-10-21-40,41-22-11-4-12-23-41)42-30-28-34(29-31-42)33-24-26-35(27-25-33)38-18-13-19-39(32-38)45-47-43(36-14-5-1-6-15-36)46-44(48-45)37-16-7-2-8-17-37/h1-32H. The molecule has 0 aliphatic heterocycles. The van der Waals surface area contributed by atoms with Crippen LogP contribution in [-0.2, 0) is 4.57 Å². The number of hydrogen-bond acceptors (Lipinski definition) is 4. The van der Waals surface area contributed by atoms with Crippen molar-refractivity contribution in [3.63, 3.8) is 0 Å². The Hall–Kier alpha value is -6.22. The van der Waals surface area contributed by atoms with E-state index in [0.717, 1.165) is 54.9 Å². The molecule has 0 spiro atoms. The molecule has 4 nitrogen and oxygen atoms in total. The lowest BCUT2D eigenvalue weighted by molar-refractivity contribution is 0.592. The van der Waals surface area contributed by atoms with Crippen molar-refractivity contribution in [2.24, 2.45) is 0 Å². The van der Waals surface area contributed by atoms with Crippen LogP contribution in [-0.4, -0.2) is 15.0 Å². The van der Waals surface area contributed by atoms with E-state index in [-0.39, 0.29) is 0 Å². The van der Waals surface area contributed by atoms with Crippen molar-refractivity contribution in [3.05, 3.63) is 194 Å². The summed E-state index contributed by atoms with van der Waals surface area (Å²) in [5.41, 5.74) is 7.11. The number of nitrogens with zero attached hydrogens (tertiary/aromatic N) is 3. The van der Waals surface area contributed by atoms with Gasteiger partial charge in [0.1, 0.15) is 0 Å². The number of rotatable bonds is 8. The number of hydrogen-bond donors (Lipinski definition) is 0. The average molecular weight is 662 g/mol. The second-order valence-electron chi connectivity index (χ2n) is 12.0. The molecule has 7 aromatic carbocycles. The van der Waals surface area contributed by atoms with Crippen molar-refractivity contribution in [3.8, 4) is 56.4 Å². The van der Waals surface area contributed by atoms with E-state index in [1.165, 1.54) is 0 Å². The van der Waals surface area contributed by atoms with Gasteiger partial charge in [-0.3, -0.25) is 0 Å². The van der Waals surface area contributed by atoms with E-state index in [1.807, 2.05) is 146 Å². The third-order valence-corrected chi connectivity index (χ3v) is 11.9. The van der Waals surface area contributed by atoms with E-state index in [4.69, 9.17) is 15.0 Å². The largest absolute Gasteiger partial charge is 0.309 e. The number of aromatic nitrogens is 3. The Bertz CT molecular complexity index is 2320. The summed E-state index contributed by atoms with van der Waals surface area (Å²) in [7, 11) is -3.02. The summed E-state index contributed by atoms with van der Waals surface area (Å²) in [6.45, 7) is 0. The zero-order valence-electron chi connectivity index (χ0n) is 27.2. The van der Waals surface area contributed by atoms with E-state index in [0.29, 0.717) is 17.5 Å². The Morgan fingerprint density at radius 3 is 1.06 bits per heavy atom. The zero-order chi connectivity index (χ0) is 33.8. The second-order valence-corrected chi connectivity index (χ2v) is 14.8. The zero-order valence-corrected chi connectivity index (χ0v) is 28.1. The molecular formula is C45H32N3OP. The van der Waals surface area contributed by atoms with Crippen LogP contribution in [0.2, 0.25) is 0 Å². The van der Waals surface area contributed by atoms with E-state index >= 15 is 0 Å². The van der Waals surface area contributed by atoms with Gasteiger partial charge in [0.2, 0.25) is 0 Å². The fourth-order valence-corrected chi connectivity index (χ4v) is 8.86. The summed E-state index contributed by atoms with van der Waals surface area (Å²) in [4.78, 5) is 14.6. The molecular weight excluding hydrogens is 629 g/mol. The minimum atomic E-state index is -3.02. The quantitative estimate of drug-likeness (QED) is 0.152. The van der Waals surface area contributed by atoms with E-state index < -0.39 is 7.14 Å². The fourth-order valence-electron chi connectivity index (χ4n) is 6.22. The third kappa shape index (κ3) is 6.21. The topological polar surface area (TPSA) is 55.7 Å². The van der Waals surface area contributed by atoms with Gasteiger partial charge >= 0.3 is 0 Å². The molecule has 1 heterocycles. The Balaban J connectivity index is 1.10. The van der Waals surface area contributed by atoms with Crippen LogP contribution >= 0.6 is 7.14 Å². The van der Waals surface area contributed by atoms with Gasteiger partial charge in [0, 0.05) is 32.6 Å². The van der Waals surface area contributed by atoms with Gasteiger partial charge in [-0.25, -0.2) is 15.0 Å². The first kappa shape index (κ1) is 31.1. The Labute approximate surface area is 292 Å². The first-order chi connectivity index (χ1) is 24.6. The highest BCUT2D eigenvalue weighted by Crippen LogP contribution is 2.42.